The van der Waals surface area contributed by atoms with Gasteiger partial charge in [0.25, 0.3) is 0 Å². The molecule has 2 amide bonds. The summed E-state index contributed by atoms with van der Waals surface area (Å²) in [6.07, 6.45) is 9.87. The van der Waals surface area contributed by atoms with Crippen LogP contribution in [0.3, 0.4) is 0 Å². The highest BCUT2D eigenvalue weighted by Gasteiger charge is 2.23. The number of hydrogen-bond donors (Lipinski definition) is 1. The molecular weight excluding hydrogens is 240 g/mol. The molecule has 1 rings (SSSR count). The summed E-state index contributed by atoms with van der Waals surface area (Å²) in [5, 5.41) is 2.86. The van der Waals surface area contributed by atoms with Crippen LogP contribution in [0.1, 0.15) is 38.5 Å². The molecule has 0 spiro atoms. The number of rotatable bonds is 5. The van der Waals surface area contributed by atoms with Gasteiger partial charge in [0.1, 0.15) is 0 Å². The second-order valence-corrected chi connectivity index (χ2v) is 4.95. The zero-order valence-electron chi connectivity index (χ0n) is 11.6. The first-order valence-corrected chi connectivity index (χ1v) is 7.00. The molecule has 1 aliphatic carbocycles. The molecule has 0 atom stereocenters. The molecule has 1 saturated carbocycles. The summed E-state index contributed by atoms with van der Waals surface area (Å²) in [7, 11) is 0. The van der Waals surface area contributed by atoms with Gasteiger partial charge < -0.3 is 10.2 Å². The van der Waals surface area contributed by atoms with E-state index in [1.54, 1.807) is 12.2 Å². The second kappa shape index (κ2) is 8.51. The highest BCUT2D eigenvalue weighted by molar-refractivity contribution is 6.35. The molecule has 4 heteroatoms. The van der Waals surface area contributed by atoms with Crippen LogP contribution in [-0.4, -0.2) is 35.8 Å². The third-order valence-corrected chi connectivity index (χ3v) is 3.37. The summed E-state index contributed by atoms with van der Waals surface area (Å²) in [5.74, 6) is -1.00. The average Bonchev–Trinajstić information content (AvgIpc) is 2.66. The van der Waals surface area contributed by atoms with E-state index < -0.39 is 11.8 Å². The van der Waals surface area contributed by atoms with Gasteiger partial charge in [-0.05, 0) is 12.8 Å². The molecular formula is C15H24N2O2. The minimum absolute atomic E-state index is 0.147. The summed E-state index contributed by atoms with van der Waals surface area (Å²) in [5.41, 5.74) is 0. The normalized spacial score (nSPS) is 16.2. The Balaban J connectivity index is 2.51. The Bertz CT molecular complexity index is 321. The molecule has 0 aliphatic heterocycles. The smallest absolute Gasteiger partial charge is 0.312 e. The molecule has 4 nitrogen and oxygen atoms in total. The van der Waals surface area contributed by atoms with Crippen molar-refractivity contribution in [2.24, 2.45) is 0 Å². The van der Waals surface area contributed by atoms with Crippen LogP contribution in [0.25, 0.3) is 0 Å². The molecule has 106 valence electrons. The summed E-state index contributed by atoms with van der Waals surface area (Å²) in [4.78, 5) is 25.4. The number of carbonyl (C=O) groups is 2. The van der Waals surface area contributed by atoms with Gasteiger partial charge in [-0.25, -0.2) is 0 Å². The van der Waals surface area contributed by atoms with E-state index in [4.69, 9.17) is 0 Å². The Kier molecular flexibility index (Phi) is 6.93. The van der Waals surface area contributed by atoms with Crippen LogP contribution in [0.4, 0.5) is 0 Å². The van der Waals surface area contributed by atoms with Crippen molar-refractivity contribution in [1.29, 1.82) is 0 Å². The monoisotopic (exact) mass is 264 g/mol. The number of nitrogens with zero attached hydrogens (tertiary/aromatic N) is 1. The van der Waals surface area contributed by atoms with Crippen molar-refractivity contribution in [2.75, 3.05) is 13.1 Å². The summed E-state index contributed by atoms with van der Waals surface area (Å²) >= 11 is 0. The van der Waals surface area contributed by atoms with Crippen molar-refractivity contribution in [3.63, 3.8) is 0 Å². The molecule has 0 saturated heterocycles. The van der Waals surface area contributed by atoms with Gasteiger partial charge in [0.05, 0.1) is 0 Å². The third kappa shape index (κ3) is 5.28. The fraction of sp³-hybridized carbons (Fsp3) is 0.600. The molecule has 1 aliphatic rings. The van der Waals surface area contributed by atoms with Gasteiger partial charge in [-0.15, -0.1) is 13.2 Å². The minimum Gasteiger partial charge on any atom is -0.345 e. The molecule has 0 aromatic carbocycles. The second-order valence-electron chi connectivity index (χ2n) is 4.95. The van der Waals surface area contributed by atoms with Crippen LogP contribution in [0.15, 0.2) is 25.3 Å². The lowest BCUT2D eigenvalue weighted by Crippen LogP contribution is -2.46. The Labute approximate surface area is 115 Å². The van der Waals surface area contributed by atoms with Gasteiger partial charge in [0.15, 0.2) is 0 Å². The van der Waals surface area contributed by atoms with Crippen LogP contribution in [0, 0.1) is 0 Å². The molecule has 0 heterocycles. The van der Waals surface area contributed by atoms with Crippen molar-refractivity contribution >= 4 is 11.8 Å². The van der Waals surface area contributed by atoms with E-state index in [2.05, 4.69) is 18.5 Å². The SMILES string of the molecule is C=CCN(CC=C)C(=O)C(=O)NC1CCCCCC1. The Morgan fingerprint density at radius 3 is 2.05 bits per heavy atom. The molecule has 1 N–H and O–H groups in total. The van der Waals surface area contributed by atoms with Crippen LogP contribution in [0.2, 0.25) is 0 Å². The minimum atomic E-state index is -0.504. The molecule has 0 radical (unpaired) electrons. The maximum absolute atomic E-state index is 12.0. The highest BCUT2D eigenvalue weighted by Crippen LogP contribution is 2.17. The van der Waals surface area contributed by atoms with Gasteiger partial charge in [-0.3, -0.25) is 9.59 Å². The van der Waals surface area contributed by atoms with Crippen LogP contribution < -0.4 is 5.32 Å². The van der Waals surface area contributed by atoms with E-state index >= 15 is 0 Å². The van der Waals surface area contributed by atoms with Gasteiger partial charge in [0, 0.05) is 19.1 Å². The first kappa shape index (κ1) is 15.5. The summed E-state index contributed by atoms with van der Waals surface area (Å²) in [6.45, 7) is 7.91. The van der Waals surface area contributed by atoms with E-state index in [-0.39, 0.29) is 6.04 Å². The van der Waals surface area contributed by atoms with E-state index in [1.165, 1.54) is 17.7 Å². The van der Waals surface area contributed by atoms with Gasteiger partial charge in [-0.1, -0.05) is 37.8 Å². The quantitative estimate of drug-likeness (QED) is 0.469. The number of amides is 2. The van der Waals surface area contributed by atoms with Gasteiger partial charge >= 0.3 is 11.8 Å². The lowest BCUT2D eigenvalue weighted by atomic mass is 10.1. The Morgan fingerprint density at radius 2 is 1.58 bits per heavy atom. The van der Waals surface area contributed by atoms with Crippen LogP contribution in [-0.2, 0) is 9.59 Å². The van der Waals surface area contributed by atoms with E-state index in [0.717, 1.165) is 25.7 Å². The standard InChI is InChI=1S/C15H24N2O2/c1-3-11-17(12-4-2)15(19)14(18)16-13-9-7-5-6-8-10-13/h3-4,13H,1-2,5-12H2,(H,16,18). The van der Waals surface area contributed by atoms with Crippen molar-refractivity contribution in [3.8, 4) is 0 Å². The van der Waals surface area contributed by atoms with Gasteiger partial charge in [-0.2, -0.15) is 0 Å². The first-order chi connectivity index (χ1) is 9.19. The molecule has 0 bridgehead atoms. The molecule has 19 heavy (non-hydrogen) atoms. The van der Waals surface area contributed by atoms with Gasteiger partial charge in [0.2, 0.25) is 0 Å². The summed E-state index contributed by atoms with van der Waals surface area (Å²) < 4.78 is 0. The number of hydrogen-bond acceptors (Lipinski definition) is 2. The van der Waals surface area contributed by atoms with E-state index in [1.807, 2.05) is 0 Å². The lowest BCUT2D eigenvalue weighted by Gasteiger charge is -2.21. The van der Waals surface area contributed by atoms with Crippen molar-refractivity contribution in [3.05, 3.63) is 25.3 Å². The maximum atomic E-state index is 12.0. The molecule has 0 aromatic heterocycles. The maximum Gasteiger partial charge on any atom is 0.312 e. The average molecular weight is 264 g/mol. The Hall–Kier alpha value is -1.58. The number of carbonyl (C=O) groups excluding carboxylic acids is 2. The fourth-order valence-electron chi connectivity index (χ4n) is 2.37. The molecule has 0 unspecified atom stereocenters. The molecule has 0 aromatic rings. The Morgan fingerprint density at radius 1 is 1.05 bits per heavy atom. The number of nitrogens with one attached hydrogen (secondary N) is 1. The van der Waals surface area contributed by atoms with Crippen molar-refractivity contribution < 1.29 is 9.59 Å². The zero-order valence-corrected chi connectivity index (χ0v) is 11.6. The van der Waals surface area contributed by atoms with Crippen molar-refractivity contribution in [2.45, 2.75) is 44.6 Å². The first-order valence-electron chi connectivity index (χ1n) is 7.00. The van der Waals surface area contributed by atoms with Crippen molar-refractivity contribution in [1.82, 2.24) is 10.2 Å². The predicted molar refractivity (Wildman–Crippen MR) is 76.6 cm³/mol. The van der Waals surface area contributed by atoms with E-state index in [9.17, 15) is 9.59 Å². The highest BCUT2D eigenvalue weighted by atomic mass is 16.2. The van der Waals surface area contributed by atoms with Crippen LogP contribution in [0.5, 0.6) is 0 Å². The lowest BCUT2D eigenvalue weighted by molar-refractivity contribution is -0.145. The third-order valence-electron chi connectivity index (χ3n) is 3.37. The predicted octanol–water partition coefficient (Wildman–Crippen LogP) is 2.03. The summed E-state index contributed by atoms with van der Waals surface area (Å²) in [6, 6.07) is 0.147. The van der Waals surface area contributed by atoms with Crippen LogP contribution >= 0.6 is 0 Å². The zero-order chi connectivity index (χ0) is 14.1. The molecule has 1 fully saturated rings. The van der Waals surface area contributed by atoms with E-state index in [0.29, 0.717) is 13.1 Å². The largest absolute Gasteiger partial charge is 0.345 e. The topological polar surface area (TPSA) is 49.4 Å². The fourth-order valence-corrected chi connectivity index (χ4v) is 2.37.